The summed E-state index contributed by atoms with van der Waals surface area (Å²) in [4.78, 5) is 39.1. The number of unbranched alkanes of at least 4 members (excludes halogenated alkanes) is 1. The molecule has 2 aromatic rings. The van der Waals surface area contributed by atoms with Crippen molar-refractivity contribution in [3.63, 3.8) is 0 Å². The van der Waals surface area contributed by atoms with Crippen LogP contribution in [-0.2, 0) is 20.1 Å². The number of ketones is 1. The number of amides is 2. The number of carbonyl (C=O) groups excluding carboxylic acids is 3. The van der Waals surface area contributed by atoms with Crippen LogP contribution in [0.4, 0.5) is 0 Å². The lowest BCUT2D eigenvalue weighted by molar-refractivity contribution is -0.131. The smallest absolute Gasteiger partial charge is 0.244 e. The molecule has 2 rings (SSSR count). The van der Waals surface area contributed by atoms with Gasteiger partial charge in [-0.15, -0.1) is 11.8 Å². The fourth-order valence-corrected chi connectivity index (χ4v) is 4.63. The van der Waals surface area contributed by atoms with Crippen molar-refractivity contribution in [2.24, 2.45) is 5.92 Å². The number of furan rings is 1. The monoisotopic (exact) mass is 544 g/mol. The predicted molar refractivity (Wildman–Crippen MR) is 151 cm³/mol. The van der Waals surface area contributed by atoms with Crippen molar-refractivity contribution in [3.8, 4) is 11.5 Å². The molecule has 3 atom stereocenters. The molecule has 0 aliphatic carbocycles. The third-order valence-electron chi connectivity index (χ3n) is 6.27. The van der Waals surface area contributed by atoms with Crippen LogP contribution < -0.4 is 20.1 Å². The fraction of sp³-hybridized carbons (Fsp3) is 0.483. The Bertz CT molecular complexity index is 1050. The van der Waals surface area contributed by atoms with Crippen molar-refractivity contribution in [2.75, 3.05) is 20.0 Å². The van der Waals surface area contributed by atoms with E-state index in [4.69, 9.17) is 13.9 Å². The zero-order valence-corrected chi connectivity index (χ0v) is 23.8. The summed E-state index contributed by atoms with van der Waals surface area (Å²) >= 11 is 1.46. The minimum atomic E-state index is -0.775. The molecule has 208 valence electrons. The van der Waals surface area contributed by atoms with Crippen LogP contribution in [0.3, 0.4) is 0 Å². The summed E-state index contributed by atoms with van der Waals surface area (Å²) in [6.07, 6.45) is 7.56. The maximum Gasteiger partial charge on any atom is 0.244 e. The van der Waals surface area contributed by atoms with Gasteiger partial charge in [0.05, 0.1) is 38.0 Å². The van der Waals surface area contributed by atoms with E-state index in [0.29, 0.717) is 35.7 Å². The number of methoxy groups -OCH3 is 2. The SMILES string of the molecule is CCCCC(NC(=O)C(NC(=O)C=Cc1ccc(OC)cc1OC)C(C)CC)C(=O)CSCc1ccco1. The largest absolute Gasteiger partial charge is 0.497 e. The van der Waals surface area contributed by atoms with E-state index < -0.39 is 18.0 Å². The highest BCUT2D eigenvalue weighted by molar-refractivity contribution is 7.99. The second-order valence-electron chi connectivity index (χ2n) is 9.05. The molecule has 0 spiro atoms. The molecule has 0 saturated carbocycles. The zero-order chi connectivity index (χ0) is 27.9. The summed E-state index contributed by atoms with van der Waals surface area (Å²) in [6, 6.07) is 7.59. The molecular formula is C29H40N2O6S. The van der Waals surface area contributed by atoms with E-state index in [9.17, 15) is 14.4 Å². The van der Waals surface area contributed by atoms with E-state index in [1.165, 1.54) is 17.8 Å². The summed E-state index contributed by atoms with van der Waals surface area (Å²) in [7, 11) is 3.11. The number of ether oxygens (including phenoxy) is 2. The Morgan fingerprint density at radius 1 is 1.11 bits per heavy atom. The third-order valence-corrected chi connectivity index (χ3v) is 7.25. The standard InChI is InChI=1S/C29H40N2O6S/c1-6-8-11-24(25(32)19-38-18-23-10-9-16-37-23)30-29(34)28(20(3)7-2)31-27(33)15-13-21-12-14-22(35-4)17-26(21)36-5/h9-10,12-17,20,24,28H,6-8,11,18-19H2,1-5H3,(H,30,34)(H,31,33). The first-order valence-electron chi connectivity index (χ1n) is 13.0. The van der Waals surface area contributed by atoms with Crippen LogP contribution in [0.25, 0.3) is 6.08 Å². The van der Waals surface area contributed by atoms with Crippen molar-refractivity contribution in [3.05, 3.63) is 54.0 Å². The molecule has 0 aliphatic heterocycles. The van der Waals surface area contributed by atoms with Gasteiger partial charge < -0.3 is 24.5 Å². The summed E-state index contributed by atoms with van der Waals surface area (Å²) in [5.41, 5.74) is 0.699. The van der Waals surface area contributed by atoms with Gasteiger partial charge in [0.1, 0.15) is 23.3 Å². The molecule has 2 amide bonds. The highest BCUT2D eigenvalue weighted by Gasteiger charge is 2.29. The molecular weight excluding hydrogens is 504 g/mol. The molecule has 2 N–H and O–H groups in total. The molecule has 1 aromatic heterocycles. The maximum atomic E-state index is 13.3. The molecule has 1 aromatic carbocycles. The molecule has 0 saturated heterocycles. The van der Waals surface area contributed by atoms with Gasteiger partial charge in [0, 0.05) is 17.7 Å². The Morgan fingerprint density at radius 3 is 2.53 bits per heavy atom. The summed E-state index contributed by atoms with van der Waals surface area (Å²) in [5, 5.41) is 5.75. The van der Waals surface area contributed by atoms with Gasteiger partial charge in [0.25, 0.3) is 0 Å². The quantitative estimate of drug-likeness (QED) is 0.269. The number of hydrogen-bond donors (Lipinski definition) is 2. The molecule has 9 heteroatoms. The lowest BCUT2D eigenvalue weighted by atomic mass is 9.97. The first kappa shape index (κ1) is 31.0. The summed E-state index contributed by atoms with van der Waals surface area (Å²) < 4.78 is 15.9. The number of nitrogens with one attached hydrogen (secondary N) is 2. The van der Waals surface area contributed by atoms with Gasteiger partial charge in [-0.2, -0.15) is 0 Å². The highest BCUT2D eigenvalue weighted by Crippen LogP contribution is 2.25. The van der Waals surface area contributed by atoms with Crippen LogP contribution in [0, 0.1) is 5.92 Å². The van der Waals surface area contributed by atoms with E-state index in [0.717, 1.165) is 18.6 Å². The van der Waals surface area contributed by atoms with E-state index in [-0.39, 0.29) is 23.4 Å². The topological polar surface area (TPSA) is 107 Å². The van der Waals surface area contributed by atoms with Crippen molar-refractivity contribution in [2.45, 2.75) is 64.3 Å². The molecule has 38 heavy (non-hydrogen) atoms. The molecule has 0 fully saturated rings. The number of thioether (sulfide) groups is 1. The Labute approximate surface area is 229 Å². The average molecular weight is 545 g/mol. The zero-order valence-electron chi connectivity index (χ0n) is 23.0. The number of benzene rings is 1. The maximum absolute atomic E-state index is 13.3. The Hall–Kier alpha value is -3.20. The first-order chi connectivity index (χ1) is 18.3. The van der Waals surface area contributed by atoms with Crippen LogP contribution in [0.15, 0.2) is 47.1 Å². The lowest BCUT2D eigenvalue weighted by Gasteiger charge is -2.26. The molecule has 8 nitrogen and oxygen atoms in total. The van der Waals surface area contributed by atoms with Gasteiger partial charge in [-0.1, -0.05) is 40.0 Å². The molecule has 0 aliphatic rings. The average Bonchev–Trinajstić information content (AvgIpc) is 3.45. The molecule has 3 unspecified atom stereocenters. The van der Waals surface area contributed by atoms with Gasteiger partial charge in [0.2, 0.25) is 11.8 Å². The second kappa shape index (κ2) is 16.6. The van der Waals surface area contributed by atoms with Crippen molar-refractivity contribution >= 4 is 35.4 Å². The van der Waals surface area contributed by atoms with Crippen LogP contribution in [0.1, 0.15) is 57.8 Å². The van der Waals surface area contributed by atoms with Crippen LogP contribution in [0.2, 0.25) is 0 Å². The Morgan fingerprint density at radius 2 is 1.89 bits per heavy atom. The van der Waals surface area contributed by atoms with E-state index in [2.05, 4.69) is 10.6 Å². The van der Waals surface area contributed by atoms with Gasteiger partial charge in [0.15, 0.2) is 5.78 Å². The lowest BCUT2D eigenvalue weighted by Crippen LogP contribution is -2.54. The van der Waals surface area contributed by atoms with Crippen LogP contribution in [0.5, 0.6) is 11.5 Å². The molecule has 0 radical (unpaired) electrons. The normalized spacial score (nSPS) is 13.5. The predicted octanol–water partition coefficient (Wildman–Crippen LogP) is 5.02. The molecule has 0 bridgehead atoms. The van der Waals surface area contributed by atoms with E-state index >= 15 is 0 Å². The van der Waals surface area contributed by atoms with Gasteiger partial charge >= 0.3 is 0 Å². The third kappa shape index (κ3) is 9.93. The first-order valence-corrected chi connectivity index (χ1v) is 14.1. The van der Waals surface area contributed by atoms with Gasteiger partial charge in [-0.05, 0) is 42.7 Å². The van der Waals surface area contributed by atoms with Crippen molar-refractivity contribution < 1.29 is 28.3 Å². The molecule has 1 heterocycles. The summed E-state index contributed by atoms with van der Waals surface area (Å²) in [6.45, 7) is 5.91. The number of Topliss-reactive ketones (excluding diaryl/α,β-unsaturated/α-hetero) is 1. The van der Waals surface area contributed by atoms with Crippen molar-refractivity contribution in [1.82, 2.24) is 10.6 Å². The number of hydrogen-bond acceptors (Lipinski definition) is 7. The van der Waals surface area contributed by atoms with E-state index in [1.807, 2.05) is 32.9 Å². The number of carbonyl (C=O) groups is 3. The van der Waals surface area contributed by atoms with E-state index in [1.54, 1.807) is 44.8 Å². The van der Waals surface area contributed by atoms with Gasteiger partial charge in [-0.25, -0.2) is 0 Å². The number of rotatable bonds is 17. The highest BCUT2D eigenvalue weighted by atomic mass is 32.2. The minimum Gasteiger partial charge on any atom is -0.497 e. The second-order valence-corrected chi connectivity index (χ2v) is 10.0. The Kier molecular flexibility index (Phi) is 13.6. The fourth-order valence-electron chi connectivity index (χ4n) is 3.76. The van der Waals surface area contributed by atoms with Gasteiger partial charge in [-0.3, -0.25) is 14.4 Å². The minimum absolute atomic E-state index is 0.0379. The van der Waals surface area contributed by atoms with Crippen LogP contribution >= 0.6 is 11.8 Å². The van der Waals surface area contributed by atoms with Crippen molar-refractivity contribution in [1.29, 1.82) is 0 Å². The van der Waals surface area contributed by atoms with Crippen LogP contribution in [-0.4, -0.2) is 49.7 Å². The Balaban J connectivity index is 2.06. The summed E-state index contributed by atoms with van der Waals surface area (Å²) in [5.74, 6) is 1.93.